The van der Waals surface area contributed by atoms with Gasteiger partial charge in [-0.25, -0.2) is 4.79 Å². The molecule has 0 atom stereocenters. The molecule has 0 aliphatic rings. The number of hydrogen-bond acceptors (Lipinski definition) is 3. The van der Waals surface area contributed by atoms with Gasteiger partial charge < -0.3 is 5.32 Å². The Morgan fingerprint density at radius 3 is 2.71 bits per heavy atom. The fourth-order valence-corrected chi connectivity index (χ4v) is 1.29. The fraction of sp³-hybridized carbons (Fsp3) is 0.636. The van der Waals surface area contributed by atoms with E-state index in [4.69, 9.17) is 0 Å². The van der Waals surface area contributed by atoms with Crippen molar-refractivity contribution in [3.8, 4) is 0 Å². The molecule has 17 heavy (non-hydrogen) atoms. The van der Waals surface area contributed by atoms with Crippen molar-refractivity contribution >= 4 is 0 Å². The molecule has 1 heterocycles. The summed E-state index contributed by atoms with van der Waals surface area (Å²) < 4.78 is 14.1. The lowest BCUT2D eigenvalue weighted by atomic mass is 10.0. The van der Waals surface area contributed by atoms with Crippen LogP contribution in [-0.2, 0) is 6.54 Å². The summed E-state index contributed by atoms with van der Waals surface area (Å²) in [7, 11) is 0. The summed E-state index contributed by atoms with van der Waals surface area (Å²) >= 11 is 0. The number of aromatic nitrogens is 2. The summed E-state index contributed by atoms with van der Waals surface area (Å²) in [5.74, 6) is -0.945. The van der Waals surface area contributed by atoms with Gasteiger partial charge in [-0.2, -0.15) is 4.39 Å². The van der Waals surface area contributed by atoms with Crippen LogP contribution in [0, 0.1) is 5.82 Å². The maximum atomic E-state index is 13.0. The Balaban J connectivity index is 2.68. The van der Waals surface area contributed by atoms with Crippen LogP contribution >= 0.6 is 0 Å². The highest BCUT2D eigenvalue weighted by molar-refractivity contribution is 4.87. The minimum Gasteiger partial charge on any atom is -0.310 e. The lowest BCUT2D eigenvalue weighted by Gasteiger charge is -2.24. The van der Waals surface area contributed by atoms with Crippen LogP contribution in [0.3, 0.4) is 0 Å². The Labute approximate surface area is 98.7 Å². The smallest absolute Gasteiger partial charge is 0.310 e. The Kier molecular flexibility index (Phi) is 4.22. The molecule has 0 radical (unpaired) electrons. The Morgan fingerprint density at radius 2 is 2.12 bits per heavy atom. The van der Waals surface area contributed by atoms with Gasteiger partial charge in [0.25, 0.3) is 5.56 Å². The standard InChI is InChI=1S/C11H18FN3O2/c1-4-11(2,3)13-5-6-15-7-8(12)9(16)14-10(15)17/h7,13H,4-6H2,1-3H3,(H,14,16,17). The van der Waals surface area contributed by atoms with Gasteiger partial charge in [0.15, 0.2) is 0 Å². The van der Waals surface area contributed by atoms with E-state index in [9.17, 15) is 14.0 Å². The van der Waals surface area contributed by atoms with Crippen LogP contribution in [-0.4, -0.2) is 21.6 Å². The number of H-pyrrole nitrogens is 1. The van der Waals surface area contributed by atoms with Gasteiger partial charge in [0, 0.05) is 18.6 Å². The minimum absolute atomic E-state index is 0.0235. The molecular formula is C11H18FN3O2. The Hall–Kier alpha value is -1.43. The maximum Gasteiger partial charge on any atom is 0.328 e. The molecule has 0 fully saturated rings. The summed E-state index contributed by atoms with van der Waals surface area (Å²) in [6.07, 6.45) is 1.88. The van der Waals surface area contributed by atoms with Crippen LogP contribution in [0.15, 0.2) is 15.8 Å². The van der Waals surface area contributed by atoms with Crippen molar-refractivity contribution in [1.29, 1.82) is 0 Å². The van der Waals surface area contributed by atoms with Gasteiger partial charge in [0.2, 0.25) is 5.82 Å². The fourth-order valence-electron chi connectivity index (χ4n) is 1.29. The third-order valence-electron chi connectivity index (χ3n) is 2.81. The number of aromatic amines is 1. The summed E-state index contributed by atoms with van der Waals surface area (Å²) in [6, 6.07) is 0. The third-order valence-corrected chi connectivity index (χ3v) is 2.81. The van der Waals surface area contributed by atoms with E-state index in [1.54, 1.807) is 0 Å². The molecule has 0 amide bonds. The molecule has 0 spiro atoms. The molecule has 0 saturated heterocycles. The molecule has 1 aromatic rings. The summed E-state index contributed by atoms with van der Waals surface area (Å²) in [6.45, 7) is 6.99. The summed E-state index contributed by atoms with van der Waals surface area (Å²) in [4.78, 5) is 24.1. The number of halogens is 1. The van der Waals surface area contributed by atoms with Crippen molar-refractivity contribution in [2.75, 3.05) is 6.54 Å². The lowest BCUT2D eigenvalue weighted by Crippen LogP contribution is -2.42. The van der Waals surface area contributed by atoms with Gasteiger partial charge in [-0.05, 0) is 20.3 Å². The molecule has 5 nitrogen and oxygen atoms in total. The zero-order valence-corrected chi connectivity index (χ0v) is 10.3. The first kappa shape index (κ1) is 13.6. The Bertz CT molecular complexity index is 490. The second kappa shape index (κ2) is 5.27. The number of hydrogen-bond donors (Lipinski definition) is 2. The van der Waals surface area contributed by atoms with Crippen LogP contribution in [0.5, 0.6) is 0 Å². The van der Waals surface area contributed by atoms with E-state index in [0.29, 0.717) is 13.1 Å². The van der Waals surface area contributed by atoms with Crippen LogP contribution in [0.2, 0.25) is 0 Å². The first-order valence-electron chi connectivity index (χ1n) is 5.60. The number of nitrogens with zero attached hydrogens (tertiary/aromatic N) is 1. The van der Waals surface area contributed by atoms with Gasteiger partial charge in [-0.15, -0.1) is 0 Å². The molecule has 0 saturated carbocycles. The molecular weight excluding hydrogens is 225 g/mol. The van der Waals surface area contributed by atoms with Gasteiger partial charge in [0.1, 0.15) is 0 Å². The van der Waals surface area contributed by atoms with Crippen LogP contribution < -0.4 is 16.6 Å². The van der Waals surface area contributed by atoms with Crippen LogP contribution in [0.1, 0.15) is 27.2 Å². The molecule has 0 unspecified atom stereocenters. The molecule has 1 rings (SSSR count). The van der Waals surface area contributed by atoms with E-state index in [1.165, 1.54) is 0 Å². The van der Waals surface area contributed by atoms with Crippen molar-refractivity contribution in [1.82, 2.24) is 14.9 Å². The molecule has 6 heteroatoms. The predicted molar refractivity (Wildman–Crippen MR) is 63.7 cm³/mol. The first-order chi connectivity index (χ1) is 7.85. The lowest BCUT2D eigenvalue weighted by molar-refractivity contribution is 0.364. The SMILES string of the molecule is CCC(C)(C)NCCn1cc(F)c(=O)[nH]c1=O. The Morgan fingerprint density at radius 1 is 1.47 bits per heavy atom. The zero-order valence-electron chi connectivity index (χ0n) is 10.3. The predicted octanol–water partition coefficient (Wildman–Crippen LogP) is 0.454. The summed E-state index contributed by atoms with van der Waals surface area (Å²) in [5.41, 5.74) is -1.59. The van der Waals surface area contributed by atoms with Crippen LogP contribution in [0.4, 0.5) is 4.39 Å². The van der Waals surface area contributed by atoms with Crippen molar-refractivity contribution in [2.45, 2.75) is 39.3 Å². The molecule has 0 aliphatic carbocycles. The molecule has 0 bridgehead atoms. The first-order valence-corrected chi connectivity index (χ1v) is 5.60. The van der Waals surface area contributed by atoms with E-state index in [1.807, 2.05) is 18.8 Å². The second-order valence-electron chi connectivity index (χ2n) is 4.59. The van der Waals surface area contributed by atoms with Crippen molar-refractivity contribution < 1.29 is 4.39 Å². The maximum absolute atomic E-state index is 13.0. The number of rotatable bonds is 5. The van der Waals surface area contributed by atoms with E-state index >= 15 is 0 Å². The molecule has 1 aromatic heterocycles. The molecule has 0 aliphatic heterocycles. The van der Waals surface area contributed by atoms with Gasteiger partial charge in [-0.3, -0.25) is 14.3 Å². The van der Waals surface area contributed by atoms with E-state index in [0.717, 1.165) is 17.2 Å². The topological polar surface area (TPSA) is 66.9 Å². The number of nitrogens with one attached hydrogen (secondary N) is 2. The van der Waals surface area contributed by atoms with Crippen molar-refractivity contribution in [3.05, 3.63) is 32.9 Å². The van der Waals surface area contributed by atoms with Crippen LogP contribution in [0.25, 0.3) is 0 Å². The average Bonchev–Trinajstić information content (AvgIpc) is 2.25. The highest BCUT2D eigenvalue weighted by atomic mass is 19.1. The van der Waals surface area contributed by atoms with Crippen molar-refractivity contribution in [2.24, 2.45) is 0 Å². The van der Waals surface area contributed by atoms with E-state index in [2.05, 4.69) is 12.2 Å². The monoisotopic (exact) mass is 243 g/mol. The largest absolute Gasteiger partial charge is 0.328 e. The molecule has 96 valence electrons. The molecule has 2 N–H and O–H groups in total. The average molecular weight is 243 g/mol. The van der Waals surface area contributed by atoms with E-state index in [-0.39, 0.29) is 5.54 Å². The zero-order chi connectivity index (χ0) is 13.1. The normalized spacial score (nSPS) is 11.8. The van der Waals surface area contributed by atoms with Gasteiger partial charge in [-0.1, -0.05) is 6.92 Å². The van der Waals surface area contributed by atoms with Gasteiger partial charge >= 0.3 is 5.69 Å². The molecule has 0 aromatic carbocycles. The highest BCUT2D eigenvalue weighted by Crippen LogP contribution is 2.05. The van der Waals surface area contributed by atoms with E-state index < -0.39 is 17.1 Å². The third kappa shape index (κ3) is 3.81. The quantitative estimate of drug-likeness (QED) is 0.789. The van der Waals surface area contributed by atoms with Gasteiger partial charge in [0.05, 0.1) is 6.20 Å². The van der Waals surface area contributed by atoms with Crippen molar-refractivity contribution in [3.63, 3.8) is 0 Å². The highest BCUT2D eigenvalue weighted by Gasteiger charge is 2.13. The minimum atomic E-state index is -0.979. The second-order valence-corrected chi connectivity index (χ2v) is 4.59. The summed E-state index contributed by atoms with van der Waals surface area (Å²) in [5, 5.41) is 3.24.